The average Bonchev–Trinajstić information content (AvgIpc) is 2.41. The molecule has 0 aliphatic carbocycles. The Bertz CT molecular complexity index is 674. The van der Waals surface area contributed by atoms with Crippen LogP contribution >= 0.6 is 0 Å². The lowest BCUT2D eigenvalue weighted by molar-refractivity contribution is -0.387. The molecule has 0 aromatic heterocycles. The highest BCUT2D eigenvalue weighted by Gasteiger charge is 2.14. The summed E-state index contributed by atoms with van der Waals surface area (Å²) in [5.41, 5.74) is 1.62. The third kappa shape index (κ3) is 3.55. The number of hydrogen-bond donors (Lipinski definition) is 1. The van der Waals surface area contributed by atoms with Gasteiger partial charge in [-0.3, -0.25) is 10.1 Å². The van der Waals surface area contributed by atoms with E-state index < -0.39 is 16.4 Å². The number of halogens is 1. The Morgan fingerprint density at radius 2 is 1.90 bits per heavy atom. The van der Waals surface area contributed by atoms with E-state index in [1.807, 2.05) is 26.1 Å². The molecule has 1 N–H and O–H groups in total. The zero-order valence-corrected chi connectivity index (χ0v) is 11.7. The van der Waals surface area contributed by atoms with Gasteiger partial charge in [0.1, 0.15) is 11.5 Å². The molecule has 2 rings (SSSR count). The minimum atomic E-state index is -0.916. The Hall–Kier alpha value is -2.47. The van der Waals surface area contributed by atoms with E-state index in [1.165, 1.54) is 6.07 Å². The number of rotatable bonds is 5. The average molecular weight is 290 g/mol. The molecule has 0 aliphatic heterocycles. The van der Waals surface area contributed by atoms with Crippen LogP contribution in [-0.2, 0) is 6.54 Å². The molecule has 0 radical (unpaired) electrons. The van der Waals surface area contributed by atoms with Crippen molar-refractivity contribution in [3.8, 4) is 11.5 Å². The molecular formula is C15H15FN2O3. The first-order valence-corrected chi connectivity index (χ1v) is 6.37. The number of nitro groups is 1. The van der Waals surface area contributed by atoms with Crippen molar-refractivity contribution in [1.29, 1.82) is 0 Å². The fourth-order valence-corrected chi connectivity index (χ4v) is 1.96. The summed E-state index contributed by atoms with van der Waals surface area (Å²) >= 11 is 0. The molecular weight excluding hydrogens is 275 g/mol. The van der Waals surface area contributed by atoms with Gasteiger partial charge in [-0.15, -0.1) is 0 Å². The molecule has 0 amide bonds. The van der Waals surface area contributed by atoms with Gasteiger partial charge in [-0.25, -0.2) is 0 Å². The number of nitrogens with one attached hydrogen (secondary N) is 1. The summed E-state index contributed by atoms with van der Waals surface area (Å²) in [5, 5.41) is 13.6. The fourth-order valence-electron chi connectivity index (χ4n) is 1.96. The van der Waals surface area contributed by atoms with Crippen molar-refractivity contribution in [3.63, 3.8) is 0 Å². The summed E-state index contributed by atoms with van der Waals surface area (Å²) in [5.74, 6) is -0.138. The molecule has 5 nitrogen and oxygen atoms in total. The van der Waals surface area contributed by atoms with Crippen molar-refractivity contribution < 1.29 is 14.1 Å². The highest BCUT2D eigenvalue weighted by Crippen LogP contribution is 2.27. The smallest absolute Gasteiger partial charge is 0.305 e. The second-order valence-corrected chi connectivity index (χ2v) is 4.59. The van der Waals surface area contributed by atoms with Crippen molar-refractivity contribution in [2.75, 3.05) is 7.05 Å². The Morgan fingerprint density at radius 3 is 2.48 bits per heavy atom. The van der Waals surface area contributed by atoms with Gasteiger partial charge in [-0.2, -0.15) is 4.39 Å². The van der Waals surface area contributed by atoms with Crippen LogP contribution in [0.3, 0.4) is 0 Å². The molecule has 6 heteroatoms. The van der Waals surface area contributed by atoms with Gasteiger partial charge in [0.25, 0.3) is 0 Å². The molecule has 110 valence electrons. The van der Waals surface area contributed by atoms with Crippen molar-refractivity contribution in [1.82, 2.24) is 5.32 Å². The molecule has 0 aliphatic rings. The molecule has 0 saturated carbocycles. The lowest BCUT2D eigenvalue weighted by Crippen LogP contribution is -2.06. The number of benzene rings is 2. The zero-order valence-electron chi connectivity index (χ0n) is 11.7. The Morgan fingerprint density at radius 1 is 1.24 bits per heavy atom. The third-order valence-electron chi connectivity index (χ3n) is 3.03. The van der Waals surface area contributed by atoms with E-state index in [9.17, 15) is 14.5 Å². The van der Waals surface area contributed by atoms with E-state index in [0.717, 1.165) is 29.8 Å². The molecule has 0 spiro atoms. The number of ether oxygens (including phenoxy) is 1. The van der Waals surface area contributed by atoms with Crippen molar-refractivity contribution >= 4 is 5.69 Å². The van der Waals surface area contributed by atoms with Crippen LogP contribution in [0.5, 0.6) is 11.5 Å². The SMILES string of the molecule is CNCc1ccc(Oc2ccc([N+](=O)[O-])c(F)c2)cc1C. The van der Waals surface area contributed by atoms with Gasteiger partial charge in [0.15, 0.2) is 0 Å². The maximum Gasteiger partial charge on any atom is 0.305 e. The normalized spacial score (nSPS) is 10.4. The number of aryl methyl sites for hydroxylation is 1. The predicted octanol–water partition coefficient (Wildman–Crippen LogP) is 3.55. The van der Waals surface area contributed by atoms with Crippen LogP contribution in [-0.4, -0.2) is 12.0 Å². The monoisotopic (exact) mass is 290 g/mol. The minimum Gasteiger partial charge on any atom is -0.457 e. The van der Waals surface area contributed by atoms with E-state index in [2.05, 4.69) is 5.32 Å². The highest BCUT2D eigenvalue weighted by molar-refractivity contribution is 5.42. The van der Waals surface area contributed by atoms with Crippen LogP contribution < -0.4 is 10.1 Å². The molecule has 0 fully saturated rings. The molecule has 0 saturated heterocycles. The second kappa shape index (κ2) is 6.32. The van der Waals surface area contributed by atoms with E-state index in [0.29, 0.717) is 5.75 Å². The zero-order chi connectivity index (χ0) is 15.4. The summed E-state index contributed by atoms with van der Waals surface area (Å²) in [6.07, 6.45) is 0. The second-order valence-electron chi connectivity index (χ2n) is 4.59. The standard InChI is InChI=1S/C15H15FN2O3/c1-10-7-12(4-3-11(10)9-17-2)21-13-5-6-15(18(19)20)14(16)8-13/h3-8,17H,9H2,1-2H3. The first-order valence-electron chi connectivity index (χ1n) is 6.37. The first-order chi connectivity index (χ1) is 10.0. The topological polar surface area (TPSA) is 64.4 Å². The van der Waals surface area contributed by atoms with E-state index >= 15 is 0 Å². The molecule has 2 aromatic carbocycles. The number of hydrogen-bond acceptors (Lipinski definition) is 4. The lowest BCUT2D eigenvalue weighted by Gasteiger charge is -2.10. The molecule has 0 heterocycles. The van der Waals surface area contributed by atoms with Crippen molar-refractivity contribution in [2.24, 2.45) is 0 Å². The Labute approximate surface area is 121 Å². The summed E-state index contributed by atoms with van der Waals surface area (Å²) in [6, 6.07) is 9.01. The molecule has 2 aromatic rings. The molecule has 0 bridgehead atoms. The van der Waals surface area contributed by atoms with Gasteiger partial charge < -0.3 is 10.1 Å². The van der Waals surface area contributed by atoms with Crippen molar-refractivity contribution in [3.05, 3.63) is 63.5 Å². The Balaban J connectivity index is 2.20. The lowest BCUT2D eigenvalue weighted by atomic mass is 10.1. The largest absolute Gasteiger partial charge is 0.457 e. The van der Waals surface area contributed by atoms with E-state index in [4.69, 9.17) is 4.74 Å². The van der Waals surface area contributed by atoms with Crippen LogP contribution in [0, 0.1) is 22.9 Å². The number of nitrogens with zero attached hydrogens (tertiary/aromatic N) is 1. The molecule has 21 heavy (non-hydrogen) atoms. The van der Waals surface area contributed by atoms with Gasteiger partial charge in [0.2, 0.25) is 5.82 Å². The fraction of sp³-hybridized carbons (Fsp3) is 0.200. The van der Waals surface area contributed by atoms with Crippen molar-refractivity contribution in [2.45, 2.75) is 13.5 Å². The Kier molecular flexibility index (Phi) is 4.49. The van der Waals surface area contributed by atoms with Crippen LogP contribution in [0.15, 0.2) is 36.4 Å². The minimum absolute atomic E-state index is 0.221. The highest BCUT2D eigenvalue weighted by atomic mass is 19.1. The third-order valence-corrected chi connectivity index (χ3v) is 3.03. The van der Waals surface area contributed by atoms with Gasteiger partial charge in [0.05, 0.1) is 4.92 Å². The summed E-state index contributed by atoms with van der Waals surface area (Å²) < 4.78 is 19.0. The van der Waals surface area contributed by atoms with Crippen LogP contribution in [0.25, 0.3) is 0 Å². The van der Waals surface area contributed by atoms with Crippen LogP contribution in [0.2, 0.25) is 0 Å². The van der Waals surface area contributed by atoms with E-state index in [1.54, 1.807) is 6.07 Å². The summed E-state index contributed by atoms with van der Waals surface area (Å²) in [4.78, 5) is 9.79. The summed E-state index contributed by atoms with van der Waals surface area (Å²) in [6.45, 7) is 2.70. The van der Waals surface area contributed by atoms with E-state index in [-0.39, 0.29) is 5.75 Å². The molecule has 0 unspecified atom stereocenters. The van der Waals surface area contributed by atoms with Gasteiger partial charge in [-0.05, 0) is 43.3 Å². The summed E-state index contributed by atoms with van der Waals surface area (Å²) in [7, 11) is 1.86. The van der Waals surface area contributed by atoms with Gasteiger partial charge in [0, 0.05) is 18.7 Å². The van der Waals surface area contributed by atoms with Gasteiger partial charge in [-0.1, -0.05) is 6.07 Å². The number of nitro benzene ring substituents is 1. The quantitative estimate of drug-likeness (QED) is 0.675. The molecule has 0 atom stereocenters. The van der Waals surface area contributed by atoms with Gasteiger partial charge >= 0.3 is 5.69 Å². The first kappa shape index (κ1) is 14.9. The maximum absolute atomic E-state index is 13.5. The predicted molar refractivity (Wildman–Crippen MR) is 77.1 cm³/mol. The van der Waals surface area contributed by atoms with Crippen LogP contribution in [0.1, 0.15) is 11.1 Å². The maximum atomic E-state index is 13.5. The van der Waals surface area contributed by atoms with Crippen LogP contribution in [0.4, 0.5) is 10.1 Å².